The van der Waals surface area contributed by atoms with E-state index < -0.39 is 6.10 Å². The molecule has 1 atom stereocenters. The van der Waals surface area contributed by atoms with Crippen LogP contribution >= 0.6 is 23.4 Å². The van der Waals surface area contributed by atoms with Gasteiger partial charge in [0, 0.05) is 15.7 Å². The van der Waals surface area contributed by atoms with Crippen molar-refractivity contribution in [3.63, 3.8) is 0 Å². The van der Waals surface area contributed by atoms with Gasteiger partial charge in [-0.2, -0.15) is 5.26 Å². The van der Waals surface area contributed by atoms with Crippen LogP contribution in [0.25, 0.3) is 0 Å². The van der Waals surface area contributed by atoms with Gasteiger partial charge in [0.25, 0.3) is 0 Å². The Kier molecular flexibility index (Phi) is 5.08. The summed E-state index contributed by atoms with van der Waals surface area (Å²) in [4.78, 5) is 1.12. The summed E-state index contributed by atoms with van der Waals surface area (Å²) >= 11 is 7.82. The molecule has 0 aliphatic rings. The Hall–Kier alpha value is -1.47. The van der Waals surface area contributed by atoms with E-state index in [-0.39, 0.29) is 0 Å². The van der Waals surface area contributed by atoms with E-state index in [1.165, 1.54) is 0 Å². The van der Waals surface area contributed by atoms with Crippen molar-refractivity contribution in [2.75, 3.05) is 0 Å². The standard InChI is InChI=1S/C16H14ClNOS/c1-11(19)13-4-6-15(7-5-13)20-10-14-3-2-12(9-18)8-16(14)17/h2-8,11,19H,10H2,1H3. The number of nitriles is 1. The summed E-state index contributed by atoms with van der Waals surface area (Å²) in [6.07, 6.45) is -0.443. The SMILES string of the molecule is CC(O)c1ccc(SCc2ccc(C#N)cc2Cl)cc1. The molecular weight excluding hydrogens is 290 g/mol. The molecule has 0 heterocycles. The second-order valence-electron chi connectivity index (χ2n) is 4.45. The van der Waals surface area contributed by atoms with Crippen molar-refractivity contribution in [3.8, 4) is 6.07 Å². The molecule has 2 aromatic rings. The highest BCUT2D eigenvalue weighted by molar-refractivity contribution is 7.98. The molecule has 0 bridgehead atoms. The van der Waals surface area contributed by atoms with E-state index in [9.17, 15) is 5.11 Å². The van der Waals surface area contributed by atoms with Crippen LogP contribution in [0.4, 0.5) is 0 Å². The van der Waals surface area contributed by atoms with Crippen LogP contribution in [-0.2, 0) is 5.75 Å². The highest BCUT2D eigenvalue weighted by Gasteiger charge is 2.04. The fraction of sp³-hybridized carbons (Fsp3) is 0.188. The lowest BCUT2D eigenvalue weighted by molar-refractivity contribution is 0.199. The first-order chi connectivity index (χ1) is 9.60. The molecule has 0 spiro atoms. The van der Waals surface area contributed by atoms with Crippen molar-refractivity contribution in [2.24, 2.45) is 0 Å². The zero-order chi connectivity index (χ0) is 14.5. The zero-order valence-corrected chi connectivity index (χ0v) is 12.6. The first-order valence-electron chi connectivity index (χ1n) is 6.19. The van der Waals surface area contributed by atoms with Gasteiger partial charge in [-0.15, -0.1) is 11.8 Å². The van der Waals surface area contributed by atoms with Gasteiger partial charge in [0.05, 0.1) is 17.7 Å². The topological polar surface area (TPSA) is 44.0 Å². The summed E-state index contributed by atoms with van der Waals surface area (Å²) in [5, 5.41) is 18.9. The third-order valence-electron chi connectivity index (χ3n) is 2.94. The van der Waals surface area contributed by atoms with Gasteiger partial charge < -0.3 is 5.11 Å². The summed E-state index contributed by atoms with van der Waals surface area (Å²) in [7, 11) is 0. The van der Waals surface area contributed by atoms with E-state index in [4.69, 9.17) is 16.9 Å². The average Bonchev–Trinajstić information content (AvgIpc) is 2.46. The second-order valence-corrected chi connectivity index (χ2v) is 5.91. The third-order valence-corrected chi connectivity index (χ3v) is 4.35. The Morgan fingerprint density at radius 1 is 1.25 bits per heavy atom. The Balaban J connectivity index is 2.03. The molecule has 2 nitrogen and oxygen atoms in total. The molecule has 0 amide bonds. The summed E-state index contributed by atoms with van der Waals surface area (Å²) in [6, 6.07) is 15.3. The van der Waals surface area contributed by atoms with E-state index in [0.717, 1.165) is 21.8 Å². The van der Waals surface area contributed by atoms with Gasteiger partial charge in [0.1, 0.15) is 0 Å². The van der Waals surface area contributed by atoms with Crippen LogP contribution in [0.15, 0.2) is 47.4 Å². The molecule has 0 aromatic heterocycles. The minimum absolute atomic E-state index is 0.443. The van der Waals surface area contributed by atoms with Crippen LogP contribution in [0.1, 0.15) is 29.7 Å². The van der Waals surface area contributed by atoms with Gasteiger partial charge in [-0.3, -0.25) is 0 Å². The predicted molar refractivity (Wildman–Crippen MR) is 82.8 cm³/mol. The largest absolute Gasteiger partial charge is 0.389 e. The number of hydrogen-bond donors (Lipinski definition) is 1. The van der Waals surface area contributed by atoms with Crippen molar-refractivity contribution in [3.05, 3.63) is 64.2 Å². The summed E-state index contributed by atoms with van der Waals surface area (Å²) < 4.78 is 0. The molecule has 0 aliphatic carbocycles. The van der Waals surface area contributed by atoms with Crippen LogP contribution in [-0.4, -0.2) is 5.11 Å². The number of rotatable bonds is 4. The van der Waals surface area contributed by atoms with Gasteiger partial charge in [0.15, 0.2) is 0 Å². The van der Waals surface area contributed by atoms with E-state index in [0.29, 0.717) is 10.6 Å². The maximum Gasteiger partial charge on any atom is 0.0992 e. The van der Waals surface area contributed by atoms with Gasteiger partial charge in [-0.25, -0.2) is 0 Å². The molecule has 20 heavy (non-hydrogen) atoms. The lowest BCUT2D eigenvalue weighted by Gasteiger charge is -2.07. The molecule has 0 saturated carbocycles. The molecule has 4 heteroatoms. The Morgan fingerprint density at radius 2 is 1.95 bits per heavy atom. The highest BCUT2D eigenvalue weighted by Crippen LogP contribution is 2.28. The minimum atomic E-state index is -0.443. The molecule has 0 radical (unpaired) electrons. The molecule has 102 valence electrons. The Labute approximate surface area is 128 Å². The summed E-state index contributed by atoms with van der Waals surface area (Å²) in [5.74, 6) is 0.749. The van der Waals surface area contributed by atoms with E-state index in [2.05, 4.69) is 6.07 Å². The Bertz CT molecular complexity index is 632. The highest BCUT2D eigenvalue weighted by atomic mass is 35.5. The fourth-order valence-corrected chi connectivity index (χ4v) is 2.97. The van der Waals surface area contributed by atoms with E-state index in [1.54, 1.807) is 30.8 Å². The van der Waals surface area contributed by atoms with Crippen LogP contribution in [0, 0.1) is 11.3 Å². The second kappa shape index (κ2) is 6.81. The minimum Gasteiger partial charge on any atom is -0.389 e. The van der Waals surface area contributed by atoms with Crippen molar-refractivity contribution >= 4 is 23.4 Å². The molecule has 0 fully saturated rings. The normalized spacial score (nSPS) is 11.9. The lowest BCUT2D eigenvalue weighted by atomic mass is 10.1. The first kappa shape index (κ1) is 14.9. The number of benzene rings is 2. The number of nitrogens with zero attached hydrogens (tertiary/aromatic N) is 1. The lowest BCUT2D eigenvalue weighted by Crippen LogP contribution is -1.90. The molecular formula is C16H14ClNOS. The molecule has 2 rings (SSSR count). The summed E-state index contributed by atoms with van der Waals surface area (Å²) in [6.45, 7) is 1.75. The monoisotopic (exact) mass is 303 g/mol. The molecule has 1 unspecified atom stereocenters. The molecule has 1 N–H and O–H groups in total. The van der Waals surface area contributed by atoms with Crippen LogP contribution in [0.2, 0.25) is 5.02 Å². The van der Waals surface area contributed by atoms with Crippen molar-refractivity contribution < 1.29 is 5.11 Å². The molecule has 0 aliphatic heterocycles. The average molecular weight is 304 g/mol. The number of thioether (sulfide) groups is 1. The van der Waals surface area contributed by atoms with Gasteiger partial charge in [0.2, 0.25) is 0 Å². The number of hydrogen-bond acceptors (Lipinski definition) is 3. The molecule has 0 saturated heterocycles. The maximum absolute atomic E-state index is 9.46. The fourth-order valence-electron chi connectivity index (χ4n) is 1.74. The van der Waals surface area contributed by atoms with Crippen molar-refractivity contribution in [2.45, 2.75) is 23.7 Å². The maximum atomic E-state index is 9.46. The predicted octanol–water partition coefficient (Wildman–Crippen LogP) is 4.56. The smallest absolute Gasteiger partial charge is 0.0992 e. The van der Waals surface area contributed by atoms with E-state index >= 15 is 0 Å². The van der Waals surface area contributed by atoms with Crippen molar-refractivity contribution in [1.29, 1.82) is 5.26 Å². The van der Waals surface area contributed by atoms with E-state index in [1.807, 2.05) is 30.3 Å². The number of aliphatic hydroxyl groups is 1. The molecule has 2 aromatic carbocycles. The quantitative estimate of drug-likeness (QED) is 0.842. The van der Waals surface area contributed by atoms with Crippen LogP contribution < -0.4 is 0 Å². The number of aliphatic hydroxyl groups excluding tert-OH is 1. The summed E-state index contributed by atoms with van der Waals surface area (Å²) in [5.41, 5.74) is 2.49. The van der Waals surface area contributed by atoms with Gasteiger partial charge in [-0.1, -0.05) is 29.8 Å². The Morgan fingerprint density at radius 3 is 2.50 bits per heavy atom. The van der Waals surface area contributed by atoms with Crippen molar-refractivity contribution in [1.82, 2.24) is 0 Å². The van der Waals surface area contributed by atoms with Crippen LogP contribution in [0.5, 0.6) is 0 Å². The van der Waals surface area contributed by atoms with Gasteiger partial charge in [-0.05, 0) is 42.3 Å². The zero-order valence-electron chi connectivity index (χ0n) is 11.0. The van der Waals surface area contributed by atoms with Crippen LogP contribution in [0.3, 0.4) is 0 Å². The number of halogens is 1. The van der Waals surface area contributed by atoms with Gasteiger partial charge >= 0.3 is 0 Å². The first-order valence-corrected chi connectivity index (χ1v) is 7.56. The third kappa shape index (κ3) is 3.77.